The molecular formula is C18H15N3O2S. The van der Waals surface area contributed by atoms with E-state index < -0.39 is 10.8 Å². The van der Waals surface area contributed by atoms with Gasteiger partial charge in [-0.05, 0) is 34.7 Å². The summed E-state index contributed by atoms with van der Waals surface area (Å²) in [5.74, 6) is -0.0475. The summed E-state index contributed by atoms with van der Waals surface area (Å²) in [5, 5.41) is 7.87. The van der Waals surface area contributed by atoms with Crippen molar-refractivity contribution in [2.45, 2.75) is 18.1 Å². The topological polar surface area (TPSA) is 64.8 Å². The third kappa shape index (κ3) is 2.49. The number of ketones is 1. The van der Waals surface area contributed by atoms with Gasteiger partial charge >= 0.3 is 0 Å². The van der Waals surface area contributed by atoms with Gasteiger partial charge in [-0.1, -0.05) is 36.4 Å². The zero-order valence-electron chi connectivity index (χ0n) is 13.1. The molecule has 3 aromatic rings. The van der Waals surface area contributed by atoms with Gasteiger partial charge in [0.15, 0.2) is 5.78 Å². The van der Waals surface area contributed by atoms with E-state index in [-0.39, 0.29) is 12.3 Å². The van der Waals surface area contributed by atoms with Crippen molar-refractivity contribution in [1.82, 2.24) is 14.8 Å². The van der Waals surface area contributed by atoms with E-state index in [1.165, 1.54) is 29.3 Å². The Morgan fingerprint density at radius 1 is 1.17 bits per heavy atom. The summed E-state index contributed by atoms with van der Waals surface area (Å²) in [7, 11) is -1.27. The molecule has 0 radical (unpaired) electrons. The Balaban J connectivity index is 1.66. The Bertz CT molecular complexity index is 978. The number of aromatic nitrogens is 3. The first kappa shape index (κ1) is 15.0. The molecule has 5 nitrogen and oxygen atoms in total. The van der Waals surface area contributed by atoms with Crippen LogP contribution in [0.5, 0.6) is 0 Å². The molecule has 6 heteroatoms. The van der Waals surface area contributed by atoms with E-state index in [1.54, 1.807) is 4.57 Å². The highest BCUT2D eigenvalue weighted by molar-refractivity contribution is 7.84. The van der Waals surface area contributed by atoms with E-state index in [0.29, 0.717) is 10.7 Å². The Morgan fingerprint density at radius 2 is 1.96 bits per heavy atom. The fourth-order valence-electron chi connectivity index (χ4n) is 3.12. The molecule has 0 saturated heterocycles. The zero-order chi connectivity index (χ0) is 16.7. The lowest BCUT2D eigenvalue weighted by Gasteiger charge is -2.07. The number of rotatable bonds is 4. The van der Waals surface area contributed by atoms with Crippen LogP contribution in [0.15, 0.2) is 53.9 Å². The molecule has 1 aliphatic rings. The van der Waals surface area contributed by atoms with Crippen LogP contribution in [0.3, 0.4) is 0 Å². The highest BCUT2D eigenvalue weighted by Gasteiger charge is 2.20. The van der Waals surface area contributed by atoms with Crippen molar-refractivity contribution in [3.63, 3.8) is 0 Å². The van der Waals surface area contributed by atoms with Gasteiger partial charge in [0.2, 0.25) is 5.16 Å². The molecule has 1 unspecified atom stereocenters. The van der Waals surface area contributed by atoms with Crippen molar-refractivity contribution in [3.05, 3.63) is 65.5 Å². The number of nitrogens with zero attached hydrogens (tertiary/aromatic N) is 3. The maximum Gasteiger partial charge on any atom is 0.221 e. The monoisotopic (exact) mass is 337 g/mol. The van der Waals surface area contributed by atoms with Crippen LogP contribution in [0.2, 0.25) is 0 Å². The molecular weight excluding hydrogens is 322 g/mol. The van der Waals surface area contributed by atoms with Gasteiger partial charge in [0.25, 0.3) is 0 Å². The standard InChI is InChI=1S/C18H15N3O2S/c1-24(23)18-20-19-11-21(18)10-17(22)14-7-6-13-8-12-4-2-3-5-15(12)16(13)9-14/h2-7,9,11H,8,10H2,1H3. The second kappa shape index (κ2) is 5.79. The molecule has 1 aliphatic carbocycles. The smallest absolute Gasteiger partial charge is 0.221 e. The molecule has 0 aliphatic heterocycles. The number of hydrogen-bond donors (Lipinski definition) is 0. The third-order valence-corrected chi connectivity index (χ3v) is 5.10. The molecule has 120 valence electrons. The largest absolute Gasteiger partial charge is 0.299 e. The molecule has 0 saturated carbocycles. The van der Waals surface area contributed by atoms with Crippen molar-refractivity contribution in [2.75, 3.05) is 6.26 Å². The Labute approximate surface area is 141 Å². The summed E-state index contributed by atoms with van der Waals surface area (Å²) >= 11 is 0. The van der Waals surface area contributed by atoms with Crippen LogP contribution in [-0.2, 0) is 23.8 Å². The van der Waals surface area contributed by atoms with Crippen LogP contribution in [0.25, 0.3) is 11.1 Å². The van der Waals surface area contributed by atoms with Gasteiger partial charge < -0.3 is 0 Å². The maximum absolute atomic E-state index is 12.6. The Hall–Kier alpha value is -2.60. The maximum atomic E-state index is 12.6. The van der Waals surface area contributed by atoms with Gasteiger partial charge in [-0.3, -0.25) is 13.6 Å². The molecule has 4 rings (SSSR count). The number of Topliss-reactive ketones (excluding diaryl/α,β-unsaturated/α-hetero) is 1. The van der Waals surface area contributed by atoms with E-state index in [1.807, 2.05) is 30.3 Å². The highest BCUT2D eigenvalue weighted by Crippen LogP contribution is 2.36. The summed E-state index contributed by atoms with van der Waals surface area (Å²) in [6, 6.07) is 14.1. The summed E-state index contributed by atoms with van der Waals surface area (Å²) < 4.78 is 13.2. The minimum atomic E-state index is -1.27. The Morgan fingerprint density at radius 3 is 2.79 bits per heavy atom. The fourth-order valence-corrected chi connectivity index (χ4v) is 3.72. The van der Waals surface area contributed by atoms with Crippen molar-refractivity contribution >= 4 is 16.6 Å². The minimum Gasteiger partial charge on any atom is -0.299 e. The van der Waals surface area contributed by atoms with E-state index in [2.05, 4.69) is 22.3 Å². The van der Waals surface area contributed by atoms with Crippen molar-refractivity contribution in [3.8, 4) is 11.1 Å². The van der Waals surface area contributed by atoms with Gasteiger partial charge in [-0.15, -0.1) is 10.2 Å². The molecule has 0 spiro atoms. The first-order valence-corrected chi connectivity index (χ1v) is 9.15. The van der Waals surface area contributed by atoms with Crippen LogP contribution < -0.4 is 0 Å². The minimum absolute atomic E-state index is 0.0475. The second-order valence-corrected chi connectivity index (χ2v) is 7.10. The van der Waals surface area contributed by atoms with Gasteiger partial charge in [0.1, 0.15) is 6.33 Å². The lowest BCUT2D eigenvalue weighted by atomic mass is 10.0. The first-order chi connectivity index (χ1) is 11.6. The third-order valence-electron chi connectivity index (χ3n) is 4.27. The summed E-state index contributed by atoms with van der Waals surface area (Å²) in [5.41, 5.74) is 5.50. The number of benzene rings is 2. The molecule has 0 N–H and O–H groups in total. The number of fused-ring (bicyclic) bond motifs is 3. The predicted molar refractivity (Wildman–Crippen MR) is 91.4 cm³/mol. The van der Waals surface area contributed by atoms with Gasteiger partial charge in [0.05, 0.1) is 17.3 Å². The summed E-state index contributed by atoms with van der Waals surface area (Å²) in [4.78, 5) is 12.6. The number of carbonyl (C=O) groups is 1. The number of hydrogen-bond acceptors (Lipinski definition) is 4. The first-order valence-electron chi connectivity index (χ1n) is 7.59. The quantitative estimate of drug-likeness (QED) is 0.537. The van der Waals surface area contributed by atoms with E-state index in [9.17, 15) is 9.00 Å². The molecule has 1 aromatic heterocycles. The highest BCUT2D eigenvalue weighted by atomic mass is 32.2. The van der Waals surface area contributed by atoms with Crippen molar-refractivity contribution in [2.24, 2.45) is 0 Å². The van der Waals surface area contributed by atoms with Crippen LogP contribution in [0.4, 0.5) is 0 Å². The van der Waals surface area contributed by atoms with E-state index in [4.69, 9.17) is 0 Å². The summed E-state index contributed by atoms with van der Waals surface area (Å²) in [6.45, 7) is 0.0857. The van der Waals surface area contributed by atoms with Gasteiger partial charge in [-0.2, -0.15) is 0 Å². The average molecular weight is 337 g/mol. The van der Waals surface area contributed by atoms with Crippen LogP contribution in [-0.4, -0.2) is 31.0 Å². The zero-order valence-corrected chi connectivity index (χ0v) is 13.9. The molecule has 0 bridgehead atoms. The lowest BCUT2D eigenvalue weighted by molar-refractivity contribution is 0.0969. The van der Waals surface area contributed by atoms with Crippen LogP contribution in [0, 0.1) is 0 Å². The van der Waals surface area contributed by atoms with Gasteiger partial charge in [-0.25, -0.2) is 0 Å². The molecule has 24 heavy (non-hydrogen) atoms. The number of carbonyl (C=O) groups excluding carboxylic acids is 1. The molecule has 1 atom stereocenters. The SMILES string of the molecule is CS(=O)c1nncn1CC(=O)c1ccc2c(c1)-c1ccccc1C2. The van der Waals surface area contributed by atoms with Crippen LogP contribution >= 0.6 is 0 Å². The lowest BCUT2D eigenvalue weighted by Crippen LogP contribution is -2.13. The molecule has 0 fully saturated rings. The predicted octanol–water partition coefficient (Wildman–Crippen LogP) is 2.47. The second-order valence-electron chi connectivity index (χ2n) is 5.82. The fraction of sp³-hybridized carbons (Fsp3) is 0.167. The molecule has 0 amide bonds. The average Bonchev–Trinajstić information content (AvgIpc) is 3.18. The van der Waals surface area contributed by atoms with Gasteiger partial charge in [0, 0.05) is 11.8 Å². The van der Waals surface area contributed by atoms with Crippen molar-refractivity contribution in [1.29, 1.82) is 0 Å². The van der Waals surface area contributed by atoms with E-state index >= 15 is 0 Å². The Kier molecular flexibility index (Phi) is 3.61. The van der Waals surface area contributed by atoms with Crippen molar-refractivity contribution < 1.29 is 9.00 Å². The summed E-state index contributed by atoms with van der Waals surface area (Å²) in [6.07, 6.45) is 3.87. The van der Waals surface area contributed by atoms with E-state index in [0.717, 1.165) is 12.0 Å². The van der Waals surface area contributed by atoms with Crippen LogP contribution in [0.1, 0.15) is 21.5 Å². The molecule has 2 aromatic carbocycles. The normalized spacial score (nSPS) is 13.4. The molecule has 1 heterocycles.